The number of carbonyl (C=O) groups is 1. The first-order valence-corrected chi connectivity index (χ1v) is 14.2. The van der Waals surface area contributed by atoms with Crippen molar-refractivity contribution in [3.63, 3.8) is 0 Å². The molecule has 6 rings (SSSR count). The number of rotatable bonds is 8. The molecule has 1 saturated heterocycles. The van der Waals surface area contributed by atoms with Gasteiger partial charge >= 0.3 is 5.97 Å². The number of ether oxygens (including phenoxy) is 2. The number of benzene rings is 3. The minimum Gasteiger partial charge on any atom is -0.478 e. The highest BCUT2D eigenvalue weighted by Gasteiger charge is 2.39. The molecule has 3 aromatic carbocycles. The Labute approximate surface area is 260 Å². The minimum atomic E-state index is -1.32. The molecule has 0 bridgehead atoms. The largest absolute Gasteiger partial charge is 0.478 e. The maximum absolute atomic E-state index is 15.6. The van der Waals surface area contributed by atoms with E-state index < -0.39 is 46.6 Å². The number of halogens is 4. The van der Waals surface area contributed by atoms with E-state index in [4.69, 9.17) is 14.7 Å². The summed E-state index contributed by atoms with van der Waals surface area (Å²) in [4.78, 5) is 20.2. The van der Waals surface area contributed by atoms with Crippen molar-refractivity contribution in [2.45, 2.75) is 32.9 Å². The third kappa shape index (κ3) is 5.77. The fourth-order valence-electron chi connectivity index (χ4n) is 5.57. The smallest absolute Gasteiger partial charge is 0.335 e. The summed E-state index contributed by atoms with van der Waals surface area (Å²) in [6.07, 6.45) is -0.248. The topological polar surface area (TPSA) is 110 Å². The van der Waals surface area contributed by atoms with Crippen LogP contribution in [0.2, 0.25) is 0 Å². The first-order chi connectivity index (χ1) is 21.9. The fraction of sp³-hybridized carbons (Fsp3) is 0.235. The molecule has 5 aromatic rings. The number of imidazole rings is 1. The van der Waals surface area contributed by atoms with E-state index in [9.17, 15) is 14.3 Å². The maximum Gasteiger partial charge on any atom is 0.335 e. The number of pyridine rings is 1. The first kappa shape index (κ1) is 30.7. The Morgan fingerprint density at radius 2 is 1.78 bits per heavy atom. The van der Waals surface area contributed by atoms with Gasteiger partial charge in [-0.05, 0) is 59.7 Å². The van der Waals surface area contributed by atoms with Gasteiger partial charge in [-0.25, -0.2) is 32.3 Å². The molecule has 8 nitrogen and oxygen atoms in total. The quantitative estimate of drug-likeness (QED) is 0.184. The van der Waals surface area contributed by atoms with E-state index in [0.717, 1.165) is 24.3 Å². The van der Waals surface area contributed by atoms with E-state index in [0.29, 0.717) is 17.7 Å². The molecule has 1 aliphatic rings. The van der Waals surface area contributed by atoms with Crippen LogP contribution in [-0.4, -0.2) is 38.8 Å². The van der Waals surface area contributed by atoms with Crippen molar-refractivity contribution in [1.29, 1.82) is 5.26 Å². The lowest BCUT2D eigenvalue weighted by Crippen LogP contribution is -2.27. The maximum atomic E-state index is 15.6. The van der Waals surface area contributed by atoms with Gasteiger partial charge in [0, 0.05) is 17.4 Å². The van der Waals surface area contributed by atoms with Crippen LogP contribution in [0.3, 0.4) is 0 Å². The number of fused-ring (bicyclic) bond motifs is 1. The van der Waals surface area contributed by atoms with Gasteiger partial charge in [0.1, 0.15) is 29.6 Å². The molecule has 0 saturated carbocycles. The molecule has 3 heterocycles. The van der Waals surface area contributed by atoms with Crippen LogP contribution in [-0.2, 0) is 17.8 Å². The average molecular weight is 631 g/mol. The van der Waals surface area contributed by atoms with Gasteiger partial charge in [0.2, 0.25) is 0 Å². The normalized spacial score (nSPS) is 15.6. The van der Waals surface area contributed by atoms with Crippen LogP contribution in [0.25, 0.3) is 22.3 Å². The summed E-state index contributed by atoms with van der Waals surface area (Å²) in [6, 6.07) is 14.4. The third-order valence-corrected chi connectivity index (χ3v) is 8.07. The molecule has 12 heteroatoms. The Kier molecular flexibility index (Phi) is 7.96. The lowest BCUT2D eigenvalue weighted by Gasteiger charge is -2.28. The van der Waals surface area contributed by atoms with Gasteiger partial charge in [0.05, 0.1) is 47.7 Å². The van der Waals surface area contributed by atoms with Crippen LogP contribution in [0.4, 0.5) is 17.6 Å². The van der Waals surface area contributed by atoms with Crippen molar-refractivity contribution in [3.05, 3.63) is 112 Å². The van der Waals surface area contributed by atoms with Gasteiger partial charge in [-0.2, -0.15) is 5.26 Å². The summed E-state index contributed by atoms with van der Waals surface area (Å²) in [5.41, 5.74) is 0.0754. The second kappa shape index (κ2) is 11.9. The first-order valence-electron chi connectivity index (χ1n) is 14.2. The Hall–Kier alpha value is -5.28. The molecular weight excluding hydrogens is 604 g/mol. The van der Waals surface area contributed by atoms with Crippen LogP contribution in [0.1, 0.15) is 52.8 Å². The number of nitrogens with zero attached hydrogens (tertiary/aromatic N) is 4. The number of aromatic nitrogens is 3. The van der Waals surface area contributed by atoms with Crippen LogP contribution in [0.5, 0.6) is 5.88 Å². The van der Waals surface area contributed by atoms with E-state index in [1.807, 2.05) is 19.9 Å². The van der Waals surface area contributed by atoms with Crippen LogP contribution >= 0.6 is 0 Å². The highest BCUT2D eigenvalue weighted by atomic mass is 19.1. The van der Waals surface area contributed by atoms with Crippen LogP contribution in [0, 0.1) is 40.0 Å². The SMILES string of the molecule is CC1(C)COCC1n1c(Cc2cc(F)c(-c3ccc(F)c(OCc4ccc(C#N)cc4)n3)cc2F)nc2c(F)cc(C(=O)O)cc21. The average Bonchev–Trinajstić information content (AvgIpc) is 3.56. The molecule has 0 amide bonds. The Morgan fingerprint density at radius 3 is 2.46 bits per heavy atom. The van der Waals surface area contributed by atoms with Gasteiger partial charge in [-0.1, -0.05) is 26.0 Å². The molecule has 0 spiro atoms. The molecule has 46 heavy (non-hydrogen) atoms. The van der Waals surface area contributed by atoms with Crippen molar-refractivity contribution < 1.29 is 36.9 Å². The van der Waals surface area contributed by atoms with E-state index in [-0.39, 0.29) is 58.9 Å². The molecule has 0 aliphatic carbocycles. The van der Waals surface area contributed by atoms with Crippen molar-refractivity contribution in [3.8, 4) is 23.2 Å². The van der Waals surface area contributed by atoms with Crippen LogP contribution in [0.15, 0.2) is 60.7 Å². The molecule has 2 aromatic heterocycles. The van der Waals surface area contributed by atoms with Crippen molar-refractivity contribution in [1.82, 2.24) is 14.5 Å². The molecule has 1 N–H and O–H groups in total. The summed E-state index contributed by atoms with van der Waals surface area (Å²) in [5, 5.41) is 18.5. The van der Waals surface area contributed by atoms with Gasteiger partial charge < -0.3 is 19.1 Å². The van der Waals surface area contributed by atoms with Crippen molar-refractivity contribution >= 4 is 17.0 Å². The molecule has 234 valence electrons. The molecule has 1 fully saturated rings. The second-order valence-corrected chi connectivity index (χ2v) is 11.7. The number of carboxylic acid groups (broad SMARTS) is 1. The number of carboxylic acids is 1. The van der Waals surface area contributed by atoms with Gasteiger partial charge in [-0.3, -0.25) is 0 Å². The predicted molar refractivity (Wildman–Crippen MR) is 158 cm³/mol. The standard InChI is InChI=1S/C34H26F4N4O4/c1-34(2)17-45-16-29(34)42-28-11-21(33(43)44)10-26(38)31(28)41-30(42)12-20-9-25(37)22(13-24(20)36)27-8-7-23(35)32(40-27)46-15-19-5-3-18(14-39)4-6-19/h3-11,13,29H,12,15-17H2,1-2H3,(H,43,44). The fourth-order valence-corrected chi connectivity index (χ4v) is 5.57. The summed E-state index contributed by atoms with van der Waals surface area (Å²) >= 11 is 0. The van der Waals surface area contributed by atoms with E-state index in [1.165, 1.54) is 12.1 Å². The lowest BCUT2D eigenvalue weighted by molar-refractivity contribution is 0.0696. The van der Waals surface area contributed by atoms with E-state index in [1.54, 1.807) is 28.8 Å². The summed E-state index contributed by atoms with van der Waals surface area (Å²) in [5.74, 6) is -4.85. The Morgan fingerprint density at radius 1 is 1.02 bits per heavy atom. The monoisotopic (exact) mass is 630 g/mol. The summed E-state index contributed by atoms with van der Waals surface area (Å²) in [6.45, 7) is 4.40. The van der Waals surface area contributed by atoms with E-state index in [2.05, 4.69) is 9.97 Å². The molecule has 1 aliphatic heterocycles. The number of nitriles is 1. The predicted octanol–water partition coefficient (Wildman–Crippen LogP) is 6.99. The zero-order valence-corrected chi connectivity index (χ0v) is 24.7. The number of aromatic carboxylic acids is 1. The molecule has 1 unspecified atom stereocenters. The Balaban J connectivity index is 1.34. The highest BCUT2D eigenvalue weighted by molar-refractivity contribution is 5.93. The van der Waals surface area contributed by atoms with Gasteiger partial charge in [-0.15, -0.1) is 0 Å². The van der Waals surface area contributed by atoms with Gasteiger partial charge in [0.25, 0.3) is 5.88 Å². The van der Waals surface area contributed by atoms with Crippen LogP contribution < -0.4 is 4.74 Å². The second-order valence-electron chi connectivity index (χ2n) is 11.7. The summed E-state index contributed by atoms with van der Waals surface area (Å²) in [7, 11) is 0. The zero-order valence-electron chi connectivity index (χ0n) is 24.7. The molecule has 1 atom stereocenters. The molecular formula is C34H26F4N4O4. The number of hydrogen-bond donors (Lipinski definition) is 1. The minimum absolute atomic E-state index is 0.0699. The number of hydrogen-bond acceptors (Lipinski definition) is 6. The van der Waals surface area contributed by atoms with Gasteiger partial charge in [0.15, 0.2) is 11.6 Å². The molecule has 0 radical (unpaired) electrons. The van der Waals surface area contributed by atoms with E-state index >= 15 is 13.2 Å². The zero-order chi connectivity index (χ0) is 32.7. The van der Waals surface area contributed by atoms with Crippen molar-refractivity contribution in [2.75, 3.05) is 13.2 Å². The van der Waals surface area contributed by atoms with Crippen molar-refractivity contribution in [2.24, 2.45) is 5.41 Å². The third-order valence-electron chi connectivity index (χ3n) is 8.07. The lowest BCUT2D eigenvalue weighted by atomic mass is 9.87. The Bertz CT molecular complexity index is 2040. The highest BCUT2D eigenvalue weighted by Crippen LogP contribution is 2.41. The summed E-state index contributed by atoms with van der Waals surface area (Å²) < 4.78 is 73.7.